The number of carbonyl (C=O) groups is 1. The number of rotatable bonds is 3. The number of H-pyrrole nitrogens is 1. The van der Waals surface area contributed by atoms with Gasteiger partial charge in [-0.1, -0.05) is 23.7 Å². The molecular formula is C15H16ClN3O. The highest BCUT2D eigenvalue weighted by Crippen LogP contribution is 2.28. The zero-order chi connectivity index (χ0) is 14.5. The van der Waals surface area contributed by atoms with E-state index in [-0.39, 0.29) is 0 Å². The number of nitrogens with two attached hydrogens (primary N) is 1. The smallest absolute Gasteiger partial charge is 0.150 e. The van der Waals surface area contributed by atoms with Gasteiger partial charge in [-0.05, 0) is 31.0 Å². The summed E-state index contributed by atoms with van der Waals surface area (Å²) < 4.78 is 0. The van der Waals surface area contributed by atoms with Crippen LogP contribution in [0.5, 0.6) is 0 Å². The van der Waals surface area contributed by atoms with Gasteiger partial charge in [0.25, 0.3) is 0 Å². The lowest BCUT2D eigenvalue weighted by atomic mass is 10.1. The van der Waals surface area contributed by atoms with Gasteiger partial charge in [0.15, 0.2) is 0 Å². The molecule has 0 unspecified atom stereocenters. The van der Waals surface area contributed by atoms with Crippen LogP contribution in [0.4, 0.5) is 0 Å². The highest BCUT2D eigenvalue weighted by molar-refractivity contribution is 6.33. The van der Waals surface area contributed by atoms with Crippen LogP contribution in [0.1, 0.15) is 23.2 Å². The van der Waals surface area contributed by atoms with Gasteiger partial charge in [0.05, 0.1) is 10.9 Å². The Labute approximate surface area is 122 Å². The molecule has 0 radical (unpaired) electrons. The minimum atomic E-state index is 0.370. The quantitative estimate of drug-likeness (QED) is 0.459. The summed E-state index contributed by atoms with van der Waals surface area (Å²) in [6, 6.07) is 9.07. The van der Waals surface area contributed by atoms with Crippen LogP contribution in [0.15, 0.2) is 36.5 Å². The van der Waals surface area contributed by atoms with Crippen molar-refractivity contribution >= 4 is 23.7 Å². The Kier molecular flexibility index (Phi) is 4.58. The molecule has 1 fully saturated rings. The molecule has 1 aliphatic rings. The van der Waals surface area contributed by atoms with Crippen LogP contribution >= 0.6 is 11.6 Å². The van der Waals surface area contributed by atoms with Gasteiger partial charge in [-0.3, -0.25) is 10.2 Å². The molecule has 104 valence electrons. The summed E-state index contributed by atoms with van der Waals surface area (Å²) in [6.45, 7) is 0. The van der Waals surface area contributed by atoms with E-state index in [9.17, 15) is 4.79 Å². The van der Waals surface area contributed by atoms with Crippen molar-refractivity contribution in [1.82, 2.24) is 4.98 Å². The number of nitrogens with one attached hydrogen (secondary N) is 2. The second kappa shape index (κ2) is 6.39. The van der Waals surface area contributed by atoms with Crippen LogP contribution in [0, 0.1) is 11.3 Å². The predicted molar refractivity (Wildman–Crippen MR) is 81.3 cm³/mol. The number of aldehydes is 1. The molecule has 4 N–H and O–H groups in total. The summed E-state index contributed by atoms with van der Waals surface area (Å²) >= 11 is 6.02. The highest BCUT2D eigenvalue weighted by atomic mass is 35.5. The molecule has 0 amide bonds. The molecular weight excluding hydrogens is 274 g/mol. The Morgan fingerprint density at radius 1 is 1.40 bits per heavy atom. The fourth-order valence-electron chi connectivity index (χ4n) is 1.72. The van der Waals surface area contributed by atoms with Crippen molar-refractivity contribution in [2.45, 2.75) is 12.8 Å². The van der Waals surface area contributed by atoms with Crippen LogP contribution in [-0.4, -0.2) is 17.1 Å². The number of benzene rings is 1. The number of halogens is 1. The maximum atomic E-state index is 10.5. The summed E-state index contributed by atoms with van der Waals surface area (Å²) in [5, 5.41) is 7.37. The molecule has 3 rings (SSSR count). The molecule has 4 nitrogen and oxygen atoms in total. The van der Waals surface area contributed by atoms with Crippen LogP contribution in [0.2, 0.25) is 5.02 Å². The summed E-state index contributed by atoms with van der Waals surface area (Å²) in [7, 11) is 0. The summed E-state index contributed by atoms with van der Waals surface area (Å²) in [5.74, 6) is 0.833. The van der Waals surface area contributed by atoms with Gasteiger partial charge in [-0.2, -0.15) is 0 Å². The fraction of sp³-hybridized carbons (Fsp3) is 0.200. The first-order chi connectivity index (χ1) is 9.61. The van der Waals surface area contributed by atoms with E-state index < -0.39 is 0 Å². The molecule has 2 aromatic rings. The number of carbonyl (C=O) groups excluding carboxylic acids is 1. The van der Waals surface area contributed by atoms with Gasteiger partial charge < -0.3 is 10.7 Å². The first-order valence-corrected chi connectivity index (χ1v) is 6.72. The monoisotopic (exact) mass is 289 g/mol. The minimum absolute atomic E-state index is 0.370. The van der Waals surface area contributed by atoms with Gasteiger partial charge in [0, 0.05) is 28.9 Å². The van der Waals surface area contributed by atoms with Crippen molar-refractivity contribution in [3.05, 3.63) is 47.1 Å². The molecule has 0 aliphatic heterocycles. The average molecular weight is 290 g/mol. The predicted octanol–water partition coefficient (Wildman–Crippen LogP) is 3.48. The third-order valence-electron chi connectivity index (χ3n) is 3.03. The van der Waals surface area contributed by atoms with Crippen LogP contribution in [-0.2, 0) is 0 Å². The van der Waals surface area contributed by atoms with E-state index >= 15 is 0 Å². The van der Waals surface area contributed by atoms with Gasteiger partial charge in [0.1, 0.15) is 6.29 Å². The Morgan fingerprint density at radius 3 is 2.55 bits per heavy atom. The Morgan fingerprint density at radius 2 is 2.15 bits per heavy atom. The first kappa shape index (κ1) is 14.3. The van der Waals surface area contributed by atoms with E-state index in [1.165, 1.54) is 0 Å². The van der Waals surface area contributed by atoms with E-state index in [1.807, 2.05) is 24.4 Å². The molecule has 5 heteroatoms. The molecule has 20 heavy (non-hydrogen) atoms. The molecule has 1 saturated carbocycles. The average Bonchev–Trinajstić information content (AvgIpc) is 3.16. The molecule has 1 aromatic heterocycles. The van der Waals surface area contributed by atoms with Gasteiger partial charge >= 0.3 is 0 Å². The molecule has 1 heterocycles. The molecule has 0 atom stereocenters. The Bertz CT molecular complexity index is 604. The second-order valence-electron chi connectivity index (χ2n) is 4.67. The lowest BCUT2D eigenvalue weighted by molar-refractivity contribution is 0.112. The number of hydrogen-bond donors (Lipinski definition) is 3. The fourth-order valence-corrected chi connectivity index (χ4v) is 2.01. The number of aromatic nitrogens is 1. The van der Waals surface area contributed by atoms with Gasteiger partial charge in [0.2, 0.25) is 0 Å². The number of amidine groups is 1. The second-order valence-corrected chi connectivity index (χ2v) is 5.08. The van der Waals surface area contributed by atoms with E-state index in [0.717, 1.165) is 30.4 Å². The molecule has 0 saturated heterocycles. The van der Waals surface area contributed by atoms with Crippen molar-refractivity contribution in [3.8, 4) is 11.3 Å². The lowest BCUT2D eigenvalue weighted by Crippen LogP contribution is -2.10. The first-order valence-electron chi connectivity index (χ1n) is 6.34. The third kappa shape index (κ3) is 3.71. The van der Waals surface area contributed by atoms with Crippen molar-refractivity contribution in [1.29, 1.82) is 5.41 Å². The normalized spacial score (nSPS) is 13.2. The van der Waals surface area contributed by atoms with Gasteiger partial charge in [-0.15, -0.1) is 0 Å². The Balaban J connectivity index is 0.000000205. The minimum Gasteiger partial charge on any atom is -0.387 e. The lowest BCUT2D eigenvalue weighted by Gasteiger charge is -2.01. The van der Waals surface area contributed by atoms with E-state index in [4.69, 9.17) is 22.7 Å². The zero-order valence-corrected chi connectivity index (χ0v) is 11.7. The summed E-state index contributed by atoms with van der Waals surface area (Å²) in [6.07, 6.45) is 4.91. The maximum absolute atomic E-state index is 10.5. The standard InChI is InChI=1S/C11H8ClNO.C4H8N2/c12-10-6-8(7-14)3-4-9(10)11-2-1-5-13-11;5-4(6)3-1-2-3/h1-7,13H;3H,1-2H2,(H3,5,6). The van der Waals surface area contributed by atoms with Crippen molar-refractivity contribution in [2.24, 2.45) is 11.7 Å². The SMILES string of the molecule is N=C(N)C1CC1.O=Cc1ccc(-c2ccc[nH]2)c(Cl)c1. The molecule has 1 aromatic carbocycles. The molecule has 0 bridgehead atoms. The van der Waals surface area contributed by atoms with Crippen molar-refractivity contribution in [3.63, 3.8) is 0 Å². The zero-order valence-electron chi connectivity index (χ0n) is 10.9. The van der Waals surface area contributed by atoms with Crippen molar-refractivity contribution < 1.29 is 4.79 Å². The van der Waals surface area contributed by atoms with Crippen LogP contribution in [0.25, 0.3) is 11.3 Å². The largest absolute Gasteiger partial charge is 0.387 e. The molecule has 1 aliphatic carbocycles. The van der Waals surface area contributed by atoms with Gasteiger partial charge in [-0.25, -0.2) is 0 Å². The maximum Gasteiger partial charge on any atom is 0.150 e. The van der Waals surface area contributed by atoms with Crippen LogP contribution in [0.3, 0.4) is 0 Å². The highest BCUT2D eigenvalue weighted by Gasteiger charge is 2.23. The summed E-state index contributed by atoms with van der Waals surface area (Å²) in [4.78, 5) is 13.5. The number of aromatic amines is 1. The third-order valence-corrected chi connectivity index (χ3v) is 3.35. The van der Waals surface area contributed by atoms with Crippen molar-refractivity contribution in [2.75, 3.05) is 0 Å². The Hall–Kier alpha value is -2.07. The summed E-state index contributed by atoms with van der Waals surface area (Å²) in [5.41, 5.74) is 7.53. The van der Waals surface area contributed by atoms with E-state index in [1.54, 1.807) is 12.1 Å². The van der Waals surface area contributed by atoms with E-state index in [2.05, 4.69) is 4.98 Å². The number of hydrogen-bond acceptors (Lipinski definition) is 2. The molecule has 0 spiro atoms. The van der Waals surface area contributed by atoms with Crippen LogP contribution < -0.4 is 5.73 Å². The topological polar surface area (TPSA) is 82.7 Å². The van der Waals surface area contributed by atoms with E-state index in [0.29, 0.717) is 22.3 Å².